The average molecular weight is 405 g/mol. The first kappa shape index (κ1) is 19.6. The minimum atomic E-state index is -0.410. The van der Waals surface area contributed by atoms with Gasteiger partial charge in [-0.3, -0.25) is 10.1 Å². The standard InChI is InChI=1S/C21H23N7O2/c1-15-6-7-17(16(2)13-15)25-20-19(28(29)30)21(24-14-23-20)27-11-9-26(10-12-27)18-5-3-4-8-22-18/h3-8,13-14H,9-12H2,1-2H3,(H,23,24,25). The number of nitro groups is 1. The van der Waals surface area contributed by atoms with Crippen LogP contribution in [0.15, 0.2) is 48.9 Å². The van der Waals surface area contributed by atoms with E-state index in [2.05, 4.69) is 25.2 Å². The Balaban J connectivity index is 1.58. The van der Waals surface area contributed by atoms with E-state index < -0.39 is 4.92 Å². The second-order valence-electron chi connectivity index (χ2n) is 7.26. The monoisotopic (exact) mass is 405 g/mol. The number of aryl methyl sites for hydroxylation is 2. The number of pyridine rings is 1. The van der Waals surface area contributed by atoms with Crippen LogP contribution in [0.5, 0.6) is 0 Å². The molecular formula is C21H23N7O2. The molecule has 154 valence electrons. The van der Waals surface area contributed by atoms with Gasteiger partial charge in [-0.25, -0.2) is 15.0 Å². The maximum atomic E-state index is 11.9. The first-order chi connectivity index (χ1) is 14.5. The molecule has 0 amide bonds. The summed E-state index contributed by atoms with van der Waals surface area (Å²) in [5.41, 5.74) is 2.80. The second-order valence-corrected chi connectivity index (χ2v) is 7.26. The molecule has 1 aromatic carbocycles. The van der Waals surface area contributed by atoms with Crippen molar-refractivity contribution < 1.29 is 4.92 Å². The number of nitrogens with one attached hydrogen (secondary N) is 1. The molecule has 1 aliphatic heterocycles. The fourth-order valence-corrected chi connectivity index (χ4v) is 3.63. The highest BCUT2D eigenvalue weighted by molar-refractivity contribution is 5.75. The minimum Gasteiger partial charge on any atom is -0.353 e. The van der Waals surface area contributed by atoms with Gasteiger partial charge in [-0.15, -0.1) is 0 Å². The molecule has 3 heterocycles. The SMILES string of the molecule is Cc1ccc(Nc2ncnc(N3CCN(c4ccccn4)CC3)c2[N+](=O)[O-])c(C)c1. The third-order valence-corrected chi connectivity index (χ3v) is 5.17. The van der Waals surface area contributed by atoms with Gasteiger partial charge in [0.2, 0.25) is 11.6 Å². The molecule has 9 nitrogen and oxygen atoms in total. The zero-order chi connectivity index (χ0) is 21.1. The van der Waals surface area contributed by atoms with E-state index in [0.29, 0.717) is 32.0 Å². The first-order valence-electron chi connectivity index (χ1n) is 9.77. The predicted octanol–water partition coefficient (Wildman–Crippen LogP) is 3.47. The van der Waals surface area contributed by atoms with Gasteiger partial charge in [-0.2, -0.15) is 0 Å². The maximum absolute atomic E-state index is 11.9. The van der Waals surface area contributed by atoms with E-state index in [0.717, 1.165) is 22.6 Å². The van der Waals surface area contributed by atoms with Gasteiger partial charge in [0.1, 0.15) is 12.1 Å². The first-order valence-corrected chi connectivity index (χ1v) is 9.77. The van der Waals surface area contributed by atoms with Gasteiger partial charge in [0, 0.05) is 38.1 Å². The van der Waals surface area contributed by atoms with Crippen LogP contribution in [-0.2, 0) is 0 Å². The molecule has 4 rings (SSSR count). The molecule has 0 unspecified atom stereocenters. The van der Waals surface area contributed by atoms with Crippen LogP contribution >= 0.6 is 0 Å². The van der Waals surface area contributed by atoms with Crippen LogP contribution in [0.25, 0.3) is 0 Å². The van der Waals surface area contributed by atoms with Crippen LogP contribution in [0.2, 0.25) is 0 Å². The smallest absolute Gasteiger partial charge is 0.353 e. The molecule has 0 atom stereocenters. The Hall–Kier alpha value is -3.75. The Morgan fingerprint density at radius 2 is 1.77 bits per heavy atom. The zero-order valence-corrected chi connectivity index (χ0v) is 16.9. The summed E-state index contributed by atoms with van der Waals surface area (Å²) in [6.45, 7) is 6.59. The minimum absolute atomic E-state index is 0.108. The summed E-state index contributed by atoms with van der Waals surface area (Å²) in [5, 5.41) is 15.1. The molecule has 2 aromatic heterocycles. The van der Waals surface area contributed by atoms with E-state index in [4.69, 9.17) is 0 Å². The molecule has 0 aliphatic carbocycles. The fourth-order valence-electron chi connectivity index (χ4n) is 3.63. The van der Waals surface area contributed by atoms with Gasteiger partial charge >= 0.3 is 5.69 Å². The van der Waals surface area contributed by atoms with Crippen molar-refractivity contribution in [1.82, 2.24) is 15.0 Å². The lowest BCUT2D eigenvalue weighted by atomic mass is 10.1. The molecular weight excluding hydrogens is 382 g/mol. The Morgan fingerprint density at radius 3 is 2.43 bits per heavy atom. The zero-order valence-electron chi connectivity index (χ0n) is 16.9. The van der Waals surface area contributed by atoms with Crippen molar-refractivity contribution in [2.75, 3.05) is 41.3 Å². The van der Waals surface area contributed by atoms with Crippen LogP contribution in [-0.4, -0.2) is 46.1 Å². The molecule has 1 N–H and O–H groups in total. The number of hydrogen-bond acceptors (Lipinski definition) is 8. The maximum Gasteiger partial charge on any atom is 0.353 e. The molecule has 3 aromatic rings. The third-order valence-electron chi connectivity index (χ3n) is 5.17. The molecule has 30 heavy (non-hydrogen) atoms. The van der Waals surface area contributed by atoms with Crippen molar-refractivity contribution in [3.05, 3.63) is 70.2 Å². The van der Waals surface area contributed by atoms with Gasteiger partial charge in [0.15, 0.2) is 0 Å². The normalized spacial score (nSPS) is 13.9. The summed E-state index contributed by atoms with van der Waals surface area (Å²) < 4.78 is 0. The van der Waals surface area contributed by atoms with E-state index >= 15 is 0 Å². The lowest BCUT2D eigenvalue weighted by Gasteiger charge is -2.35. The van der Waals surface area contributed by atoms with Gasteiger partial charge < -0.3 is 15.1 Å². The van der Waals surface area contributed by atoms with Crippen LogP contribution < -0.4 is 15.1 Å². The highest BCUT2D eigenvalue weighted by atomic mass is 16.6. The molecule has 0 spiro atoms. The van der Waals surface area contributed by atoms with Crippen molar-refractivity contribution in [2.24, 2.45) is 0 Å². The summed E-state index contributed by atoms with van der Waals surface area (Å²) >= 11 is 0. The fraction of sp³-hybridized carbons (Fsp3) is 0.286. The molecule has 0 bridgehead atoms. The topological polar surface area (TPSA) is 100 Å². The number of benzene rings is 1. The molecule has 0 saturated carbocycles. The van der Waals surface area contributed by atoms with Gasteiger partial charge in [0.25, 0.3) is 0 Å². The number of aromatic nitrogens is 3. The van der Waals surface area contributed by atoms with Crippen molar-refractivity contribution >= 4 is 28.8 Å². The van der Waals surface area contributed by atoms with Crippen molar-refractivity contribution in [1.29, 1.82) is 0 Å². The molecule has 1 aliphatic rings. The molecule has 1 saturated heterocycles. The largest absolute Gasteiger partial charge is 0.353 e. The Kier molecular flexibility index (Phi) is 5.42. The summed E-state index contributed by atoms with van der Waals surface area (Å²) in [6, 6.07) is 11.7. The molecule has 9 heteroatoms. The lowest BCUT2D eigenvalue weighted by Crippen LogP contribution is -2.47. The van der Waals surface area contributed by atoms with Gasteiger partial charge in [0.05, 0.1) is 4.92 Å². The van der Waals surface area contributed by atoms with Gasteiger partial charge in [-0.1, -0.05) is 23.8 Å². The average Bonchev–Trinajstić information content (AvgIpc) is 2.76. The summed E-state index contributed by atoms with van der Waals surface area (Å²) in [4.78, 5) is 28.4. The van der Waals surface area contributed by atoms with Gasteiger partial charge in [-0.05, 0) is 37.6 Å². The van der Waals surface area contributed by atoms with Crippen molar-refractivity contribution in [3.63, 3.8) is 0 Å². The number of rotatable bonds is 5. The number of anilines is 4. The summed E-state index contributed by atoms with van der Waals surface area (Å²) in [7, 11) is 0. The highest BCUT2D eigenvalue weighted by Gasteiger charge is 2.29. The number of nitrogens with zero attached hydrogens (tertiary/aromatic N) is 6. The van der Waals surface area contributed by atoms with E-state index in [1.54, 1.807) is 6.20 Å². The van der Waals surface area contributed by atoms with Crippen molar-refractivity contribution in [2.45, 2.75) is 13.8 Å². The van der Waals surface area contributed by atoms with E-state index in [-0.39, 0.29) is 11.5 Å². The molecule has 1 fully saturated rings. The van der Waals surface area contributed by atoms with Crippen LogP contribution in [0, 0.1) is 24.0 Å². The van der Waals surface area contributed by atoms with E-state index in [9.17, 15) is 10.1 Å². The Bertz CT molecular complexity index is 1050. The lowest BCUT2D eigenvalue weighted by molar-refractivity contribution is -0.383. The van der Waals surface area contributed by atoms with E-state index in [1.165, 1.54) is 6.33 Å². The van der Waals surface area contributed by atoms with Crippen LogP contribution in [0.1, 0.15) is 11.1 Å². The predicted molar refractivity (Wildman–Crippen MR) is 117 cm³/mol. The summed E-state index contributed by atoms with van der Waals surface area (Å²) in [5.74, 6) is 1.44. The third kappa shape index (κ3) is 4.00. The second kappa shape index (κ2) is 8.32. The van der Waals surface area contributed by atoms with E-state index in [1.807, 2.05) is 55.1 Å². The summed E-state index contributed by atoms with van der Waals surface area (Å²) in [6.07, 6.45) is 3.14. The van der Waals surface area contributed by atoms with Crippen molar-refractivity contribution in [3.8, 4) is 0 Å². The Morgan fingerprint density at radius 1 is 1.00 bits per heavy atom. The number of piperazine rings is 1. The molecule has 0 radical (unpaired) electrons. The Labute approximate surface area is 174 Å². The number of hydrogen-bond donors (Lipinski definition) is 1. The van der Waals surface area contributed by atoms with Crippen LogP contribution in [0.3, 0.4) is 0 Å². The highest BCUT2D eigenvalue weighted by Crippen LogP contribution is 2.34. The van der Waals surface area contributed by atoms with Crippen LogP contribution in [0.4, 0.5) is 28.8 Å². The quantitative estimate of drug-likeness (QED) is 0.509.